The van der Waals surface area contributed by atoms with Gasteiger partial charge in [-0.15, -0.1) is 0 Å². The number of hydrogen-bond donors (Lipinski definition) is 2. The smallest absolute Gasteiger partial charge is 0.366 e. The van der Waals surface area contributed by atoms with Gasteiger partial charge in [0.1, 0.15) is 17.7 Å². The van der Waals surface area contributed by atoms with Crippen LogP contribution in [0.4, 0.5) is 34.8 Å². The molecule has 186 valence electrons. The molecule has 0 fully saturated rings. The van der Waals surface area contributed by atoms with Crippen LogP contribution in [0.25, 0.3) is 0 Å². The van der Waals surface area contributed by atoms with Crippen molar-refractivity contribution in [1.29, 1.82) is 0 Å². The minimum atomic E-state index is -4.62. The number of carbonyl (C=O) groups excluding carboxylic acids is 1. The average Bonchev–Trinajstić information content (AvgIpc) is 3.19. The number of hydrogen-bond acceptors (Lipinski definition) is 5. The Labute approximate surface area is 200 Å². The molecular weight excluding hydrogens is 464 g/mol. The van der Waals surface area contributed by atoms with E-state index in [1.807, 2.05) is 38.8 Å². The summed E-state index contributed by atoms with van der Waals surface area (Å²) in [5.74, 6) is -0.277. The number of rotatable bonds is 6. The number of amides is 1. The largest absolute Gasteiger partial charge is 0.416 e. The summed E-state index contributed by atoms with van der Waals surface area (Å²) < 4.78 is 54.0. The van der Waals surface area contributed by atoms with Gasteiger partial charge in [0, 0.05) is 31.4 Å². The van der Waals surface area contributed by atoms with Crippen molar-refractivity contribution in [3.05, 3.63) is 64.9 Å². The third kappa shape index (κ3) is 5.23. The number of fused-ring (bicyclic) bond motifs is 1. The molecule has 0 radical (unpaired) electrons. The first-order chi connectivity index (χ1) is 16.4. The topological polar surface area (TPSA) is 75.1 Å². The predicted octanol–water partition coefficient (Wildman–Crippen LogP) is 4.82. The van der Waals surface area contributed by atoms with Crippen LogP contribution in [0, 0.1) is 18.7 Å². The molecule has 0 spiro atoms. The number of pyridine rings is 1. The second kappa shape index (κ2) is 9.20. The van der Waals surface area contributed by atoms with Crippen molar-refractivity contribution in [1.82, 2.24) is 14.8 Å². The molecule has 0 saturated heterocycles. The molecule has 2 N–H and O–H groups in total. The number of halogens is 4. The Morgan fingerprint density at radius 3 is 2.60 bits per heavy atom. The first-order valence-corrected chi connectivity index (χ1v) is 11.1. The van der Waals surface area contributed by atoms with Crippen LogP contribution in [0.1, 0.15) is 36.2 Å². The number of anilines is 3. The first kappa shape index (κ1) is 24.5. The monoisotopic (exact) mass is 490 g/mol. The van der Waals surface area contributed by atoms with Gasteiger partial charge < -0.3 is 15.5 Å². The van der Waals surface area contributed by atoms with E-state index in [4.69, 9.17) is 0 Å². The van der Waals surface area contributed by atoms with Crippen LogP contribution in [0.3, 0.4) is 0 Å². The van der Waals surface area contributed by atoms with Gasteiger partial charge in [0.25, 0.3) is 0 Å². The van der Waals surface area contributed by atoms with Crippen molar-refractivity contribution in [2.24, 2.45) is 5.92 Å². The van der Waals surface area contributed by atoms with Crippen molar-refractivity contribution in [3.8, 4) is 0 Å². The molecule has 0 bridgehead atoms. The zero-order valence-electron chi connectivity index (χ0n) is 19.7. The van der Waals surface area contributed by atoms with Crippen LogP contribution in [-0.2, 0) is 24.1 Å². The number of carbonyl (C=O) groups is 1. The van der Waals surface area contributed by atoms with Crippen molar-refractivity contribution >= 4 is 23.1 Å². The summed E-state index contributed by atoms with van der Waals surface area (Å²) in [4.78, 5) is 19.0. The van der Waals surface area contributed by atoms with E-state index in [-0.39, 0.29) is 30.0 Å². The molecule has 0 aliphatic carbocycles. The van der Waals surface area contributed by atoms with Crippen molar-refractivity contribution < 1.29 is 22.4 Å². The lowest BCUT2D eigenvalue weighted by molar-refractivity contribution is -0.137. The molecule has 35 heavy (non-hydrogen) atoms. The first-order valence-electron chi connectivity index (χ1n) is 11.1. The van der Waals surface area contributed by atoms with Gasteiger partial charge in [-0.25, -0.2) is 9.37 Å². The van der Waals surface area contributed by atoms with E-state index < -0.39 is 17.6 Å². The van der Waals surface area contributed by atoms with Crippen LogP contribution in [0.5, 0.6) is 0 Å². The van der Waals surface area contributed by atoms with Gasteiger partial charge in [-0.3, -0.25) is 9.48 Å². The Hall–Kier alpha value is -3.63. The summed E-state index contributed by atoms with van der Waals surface area (Å²) in [5, 5.41) is 10.4. The Kier molecular flexibility index (Phi) is 6.44. The number of aryl methyl sites for hydroxylation is 1. The Morgan fingerprint density at radius 1 is 1.17 bits per heavy atom. The average molecular weight is 491 g/mol. The Bertz CT molecular complexity index is 1250. The van der Waals surface area contributed by atoms with Gasteiger partial charge in [0.2, 0.25) is 5.91 Å². The Morgan fingerprint density at radius 2 is 1.91 bits per heavy atom. The summed E-state index contributed by atoms with van der Waals surface area (Å²) in [7, 11) is 1.88. The fraction of sp³-hybridized carbons (Fsp3) is 0.375. The fourth-order valence-electron chi connectivity index (χ4n) is 4.32. The highest BCUT2D eigenvalue weighted by molar-refractivity contribution is 6.04. The van der Waals surface area contributed by atoms with Crippen LogP contribution in [0.15, 0.2) is 36.7 Å². The van der Waals surface area contributed by atoms with Gasteiger partial charge >= 0.3 is 6.18 Å². The van der Waals surface area contributed by atoms with Crippen molar-refractivity contribution in [2.75, 3.05) is 22.6 Å². The van der Waals surface area contributed by atoms with E-state index in [1.165, 1.54) is 4.68 Å². The molecule has 2 aromatic heterocycles. The molecule has 1 amide bonds. The maximum atomic E-state index is 13.7. The highest BCUT2D eigenvalue weighted by atomic mass is 19.4. The molecule has 3 aromatic rings. The maximum Gasteiger partial charge on any atom is 0.416 e. The van der Waals surface area contributed by atoms with E-state index in [2.05, 4.69) is 20.7 Å². The zero-order valence-corrected chi connectivity index (χ0v) is 19.7. The van der Waals surface area contributed by atoms with Crippen molar-refractivity contribution in [3.63, 3.8) is 0 Å². The van der Waals surface area contributed by atoms with E-state index in [0.717, 1.165) is 23.4 Å². The zero-order chi connectivity index (χ0) is 25.5. The van der Waals surface area contributed by atoms with Crippen LogP contribution < -0.4 is 15.5 Å². The van der Waals surface area contributed by atoms with Crippen molar-refractivity contribution in [2.45, 2.75) is 46.1 Å². The summed E-state index contributed by atoms with van der Waals surface area (Å²) in [6, 6.07) is 4.03. The molecule has 1 aliphatic rings. The molecule has 3 heterocycles. The molecule has 7 nitrogen and oxygen atoms in total. The van der Waals surface area contributed by atoms with E-state index in [1.54, 1.807) is 12.4 Å². The van der Waals surface area contributed by atoms with Crippen LogP contribution in [0.2, 0.25) is 0 Å². The molecule has 1 unspecified atom stereocenters. The summed E-state index contributed by atoms with van der Waals surface area (Å²) in [6.45, 7) is 6.17. The number of benzene rings is 1. The van der Waals surface area contributed by atoms with E-state index >= 15 is 0 Å². The number of likely N-dealkylation sites (N-methyl/N-ethyl adjacent to an activating group) is 1. The normalized spacial score (nSPS) is 15.9. The number of alkyl halides is 3. The number of nitrogens with zero attached hydrogens (tertiary/aromatic N) is 4. The van der Waals surface area contributed by atoms with E-state index in [9.17, 15) is 22.4 Å². The summed E-state index contributed by atoms with van der Waals surface area (Å²) in [5.41, 5.74) is 2.13. The maximum absolute atomic E-state index is 13.7. The quantitative estimate of drug-likeness (QED) is 0.485. The third-order valence-corrected chi connectivity index (χ3v) is 5.91. The minimum absolute atomic E-state index is 0.00186. The van der Waals surface area contributed by atoms with Gasteiger partial charge in [-0.05, 0) is 36.6 Å². The van der Waals surface area contributed by atoms with Gasteiger partial charge in [-0.2, -0.15) is 18.3 Å². The SMILES string of the molecule is Cc1nc(NCc2cnn(Cc3cc(F)cc(C(F)(F)F)c3)c2)cc2c1NC(=O)C(C(C)C)N2C. The third-order valence-electron chi connectivity index (χ3n) is 5.91. The fourth-order valence-corrected chi connectivity index (χ4v) is 4.32. The summed E-state index contributed by atoms with van der Waals surface area (Å²) >= 11 is 0. The highest BCUT2D eigenvalue weighted by Crippen LogP contribution is 2.36. The van der Waals surface area contributed by atoms with Crippen LogP contribution >= 0.6 is 0 Å². The minimum Gasteiger partial charge on any atom is -0.366 e. The molecule has 1 atom stereocenters. The van der Waals surface area contributed by atoms with E-state index in [0.29, 0.717) is 29.8 Å². The van der Waals surface area contributed by atoms with Gasteiger partial charge in [-0.1, -0.05) is 13.8 Å². The lowest BCUT2D eigenvalue weighted by atomic mass is 9.98. The second-order valence-corrected chi connectivity index (χ2v) is 9.02. The highest BCUT2D eigenvalue weighted by Gasteiger charge is 2.34. The van der Waals surface area contributed by atoms with Gasteiger partial charge in [0.05, 0.1) is 35.4 Å². The number of aromatic nitrogens is 3. The summed E-state index contributed by atoms with van der Waals surface area (Å²) in [6.07, 6.45) is -1.36. The van der Waals surface area contributed by atoms with Crippen LogP contribution in [-0.4, -0.2) is 33.8 Å². The molecular formula is C24H26F4N6O. The molecule has 1 aromatic carbocycles. The Balaban J connectivity index is 1.47. The molecule has 11 heteroatoms. The second-order valence-electron chi connectivity index (χ2n) is 9.02. The number of nitrogens with one attached hydrogen (secondary N) is 2. The van der Waals surface area contributed by atoms with Gasteiger partial charge in [0.15, 0.2) is 0 Å². The predicted molar refractivity (Wildman–Crippen MR) is 125 cm³/mol. The molecule has 4 rings (SSSR count). The molecule has 0 saturated carbocycles. The lowest BCUT2D eigenvalue weighted by Crippen LogP contribution is -2.49. The molecule has 1 aliphatic heterocycles. The lowest BCUT2D eigenvalue weighted by Gasteiger charge is -2.38. The standard InChI is InChI=1S/C24H26F4N6O/c1-13(2)22-23(35)32-21-14(3)31-20(8-19(21)33(22)4)29-9-16-10-30-34(12-16)11-15-5-17(24(26,27)28)7-18(25)6-15/h5-8,10,12-13,22H,9,11H2,1-4H3,(H,29,31)(H,32,35).